The number of carbonyl (C=O) groups is 1. The van der Waals surface area contributed by atoms with Crippen molar-refractivity contribution in [1.82, 2.24) is 19.4 Å². The van der Waals surface area contributed by atoms with Crippen LogP contribution in [0.25, 0.3) is 10.9 Å². The third kappa shape index (κ3) is 5.51. The van der Waals surface area contributed by atoms with Gasteiger partial charge in [0.25, 0.3) is 11.5 Å². The molecular weight excluding hydrogens is 468 g/mol. The second-order valence-electron chi connectivity index (χ2n) is 9.57. The standard InChI is InChI=1S/C25H31ClN6O3/c1-15-8-16(2)13-32(12-15)25-27-11-19(26)23(29-25)28-18-6-7-20-17(9-18)10-21(24(34)31(20)5)35-14-22(33)30(3)4/h6-7,9-11,15-16H,8,12-14H2,1-5H3,(H,27,28,29)/t15-,16+. The van der Waals surface area contributed by atoms with E-state index in [-0.39, 0.29) is 23.8 Å². The number of hydrogen-bond acceptors (Lipinski definition) is 7. The highest BCUT2D eigenvalue weighted by Crippen LogP contribution is 2.29. The Balaban J connectivity index is 1.61. The minimum Gasteiger partial charge on any atom is -0.478 e. The topological polar surface area (TPSA) is 92.6 Å². The van der Waals surface area contributed by atoms with Gasteiger partial charge in [-0.15, -0.1) is 0 Å². The molecule has 1 aromatic carbocycles. The zero-order valence-corrected chi connectivity index (χ0v) is 21.5. The summed E-state index contributed by atoms with van der Waals surface area (Å²) < 4.78 is 7.04. The molecule has 10 heteroatoms. The van der Waals surface area contributed by atoms with Crippen LogP contribution in [0.3, 0.4) is 0 Å². The zero-order chi connectivity index (χ0) is 25.3. The van der Waals surface area contributed by atoms with Crippen LogP contribution >= 0.6 is 11.6 Å². The lowest BCUT2D eigenvalue weighted by Crippen LogP contribution is -2.39. The van der Waals surface area contributed by atoms with Gasteiger partial charge in [0.05, 0.1) is 11.7 Å². The van der Waals surface area contributed by atoms with Crippen molar-refractivity contribution in [3.63, 3.8) is 0 Å². The van der Waals surface area contributed by atoms with Crippen molar-refractivity contribution < 1.29 is 9.53 Å². The molecule has 0 bridgehead atoms. The molecule has 0 radical (unpaired) electrons. The number of nitrogens with one attached hydrogen (secondary N) is 1. The van der Waals surface area contributed by atoms with E-state index in [1.54, 1.807) is 33.4 Å². The maximum Gasteiger partial charge on any atom is 0.293 e. The van der Waals surface area contributed by atoms with Crippen molar-refractivity contribution in [3.05, 3.63) is 45.8 Å². The lowest BCUT2D eigenvalue weighted by Gasteiger charge is -2.35. The van der Waals surface area contributed by atoms with Crippen LogP contribution in [0.4, 0.5) is 17.5 Å². The normalized spacial score (nSPS) is 17.9. The fourth-order valence-corrected chi connectivity index (χ4v) is 4.60. The number of aryl methyl sites for hydroxylation is 1. The average Bonchev–Trinajstić information content (AvgIpc) is 2.81. The number of carbonyl (C=O) groups excluding carboxylic acids is 1. The van der Waals surface area contributed by atoms with Crippen molar-refractivity contribution in [2.45, 2.75) is 20.3 Å². The van der Waals surface area contributed by atoms with Gasteiger partial charge in [0.15, 0.2) is 18.2 Å². The first-order valence-corrected chi connectivity index (χ1v) is 12.0. The second-order valence-corrected chi connectivity index (χ2v) is 9.97. The lowest BCUT2D eigenvalue weighted by atomic mass is 9.92. The first-order valence-electron chi connectivity index (χ1n) is 11.6. The molecule has 3 heterocycles. The van der Waals surface area contributed by atoms with Crippen molar-refractivity contribution in [2.24, 2.45) is 18.9 Å². The summed E-state index contributed by atoms with van der Waals surface area (Å²) in [7, 11) is 4.95. The molecule has 9 nitrogen and oxygen atoms in total. The number of pyridine rings is 1. The number of likely N-dealkylation sites (N-methyl/N-ethyl adjacent to an activating group) is 1. The maximum absolute atomic E-state index is 12.7. The highest BCUT2D eigenvalue weighted by Gasteiger charge is 2.24. The number of piperidine rings is 1. The van der Waals surface area contributed by atoms with Crippen LogP contribution in [0.5, 0.6) is 5.75 Å². The van der Waals surface area contributed by atoms with Gasteiger partial charge in [-0.3, -0.25) is 9.59 Å². The third-order valence-corrected chi connectivity index (χ3v) is 6.46. The van der Waals surface area contributed by atoms with Gasteiger partial charge in [-0.25, -0.2) is 4.98 Å². The fourth-order valence-electron chi connectivity index (χ4n) is 4.46. The predicted octanol–water partition coefficient (Wildman–Crippen LogP) is 3.67. The highest BCUT2D eigenvalue weighted by atomic mass is 35.5. The van der Waals surface area contributed by atoms with Crippen molar-refractivity contribution >= 4 is 45.9 Å². The van der Waals surface area contributed by atoms with Gasteiger partial charge < -0.3 is 24.4 Å². The number of anilines is 3. The number of halogens is 1. The van der Waals surface area contributed by atoms with E-state index < -0.39 is 0 Å². The molecule has 0 aliphatic carbocycles. The van der Waals surface area contributed by atoms with Crippen molar-refractivity contribution in [2.75, 3.05) is 44.0 Å². The van der Waals surface area contributed by atoms with Gasteiger partial charge in [0.2, 0.25) is 5.95 Å². The quantitative estimate of drug-likeness (QED) is 0.554. The summed E-state index contributed by atoms with van der Waals surface area (Å²) >= 11 is 6.42. The van der Waals surface area contributed by atoms with Gasteiger partial charge in [0.1, 0.15) is 5.02 Å². The molecule has 186 valence electrons. The molecule has 2 atom stereocenters. The molecule has 1 saturated heterocycles. The van der Waals surface area contributed by atoms with E-state index in [0.717, 1.165) is 29.7 Å². The van der Waals surface area contributed by atoms with E-state index in [9.17, 15) is 9.59 Å². The number of benzene rings is 1. The monoisotopic (exact) mass is 498 g/mol. The minimum atomic E-state index is -0.307. The van der Waals surface area contributed by atoms with Gasteiger partial charge in [0, 0.05) is 45.3 Å². The van der Waals surface area contributed by atoms with E-state index in [1.807, 2.05) is 18.2 Å². The number of rotatable bonds is 6. The third-order valence-electron chi connectivity index (χ3n) is 6.19. The van der Waals surface area contributed by atoms with Crippen LogP contribution < -0.4 is 20.5 Å². The Kier molecular flexibility index (Phi) is 7.16. The molecule has 1 aliphatic heterocycles. The van der Waals surface area contributed by atoms with Gasteiger partial charge in [-0.05, 0) is 42.5 Å². The number of ether oxygens (including phenoxy) is 1. The first-order chi connectivity index (χ1) is 16.6. The molecule has 0 unspecified atom stereocenters. The summed E-state index contributed by atoms with van der Waals surface area (Å²) in [5.74, 6) is 2.20. The largest absolute Gasteiger partial charge is 0.478 e. The smallest absolute Gasteiger partial charge is 0.293 e. The fraction of sp³-hybridized carbons (Fsp3) is 0.440. The van der Waals surface area contributed by atoms with Crippen LogP contribution in [0, 0.1) is 11.8 Å². The maximum atomic E-state index is 12.7. The highest BCUT2D eigenvalue weighted by molar-refractivity contribution is 6.32. The van der Waals surface area contributed by atoms with Crippen LogP contribution in [-0.4, -0.2) is 59.1 Å². The van der Waals surface area contributed by atoms with E-state index in [1.165, 1.54) is 15.9 Å². The average molecular weight is 499 g/mol. The Morgan fingerprint density at radius 2 is 1.94 bits per heavy atom. The molecule has 1 fully saturated rings. The number of fused-ring (bicyclic) bond motifs is 1. The van der Waals surface area contributed by atoms with Gasteiger partial charge in [-0.2, -0.15) is 4.98 Å². The zero-order valence-electron chi connectivity index (χ0n) is 20.7. The Bertz CT molecular complexity index is 1300. The molecular formula is C25H31ClN6O3. The molecule has 3 aromatic rings. The Hall–Kier alpha value is -3.33. The summed E-state index contributed by atoms with van der Waals surface area (Å²) in [5, 5.41) is 4.47. The van der Waals surface area contributed by atoms with Crippen LogP contribution in [0.2, 0.25) is 5.02 Å². The van der Waals surface area contributed by atoms with Crippen LogP contribution in [0.1, 0.15) is 20.3 Å². The first kappa shape index (κ1) is 24.8. The molecule has 0 spiro atoms. The molecule has 1 amide bonds. The van der Waals surface area contributed by atoms with E-state index in [0.29, 0.717) is 28.6 Å². The number of hydrogen-bond donors (Lipinski definition) is 1. The summed E-state index contributed by atoms with van der Waals surface area (Å²) in [6, 6.07) is 7.24. The van der Waals surface area contributed by atoms with Gasteiger partial charge in [-0.1, -0.05) is 25.4 Å². The number of aromatic nitrogens is 3. The van der Waals surface area contributed by atoms with Crippen molar-refractivity contribution in [3.8, 4) is 5.75 Å². The number of amides is 1. The SMILES string of the molecule is C[C@@H]1C[C@H](C)CN(c2ncc(Cl)c(Nc3ccc4c(c3)cc(OCC(=O)N(C)C)c(=O)n4C)n2)C1. The molecule has 1 N–H and O–H groups in total. The van der Waals surface area contributed by atoms with Crippen LogP contribution in [-0.2, 0) is 11.8 Å². The minimum absolute atomic E-state index is 0.114. The van der Waals surface area contributed by atoms with Crippen molar-refractivity contribution in [1.29, 1.82) is 0 Å². The summed E-state index contributed by atoms with van der Waals surface area (Å²) in [6.45, 7) is 6.10. The number of nitrogens with zero attached hydrogens (tertiary/aromatic N) is 5. The second kappa shape index (κ2) is 10.1. The summed E-state index contributed by atoms with van der Waals surface area (Å²) in [5.41, 5.74) is 1.18. The Labute approximate surface area is 209 Å². The van der Waals surface area contributed by atoms with Crippen LogP contribution in [0.15, 0.2) is 35.3 Å². The molecule has 0 saturated carbocycles. The molecule has 35 heavy (non-hydrogen) atoms. The predicted molar refractivity (Wildman–Crippen MR) is 139 cm³/mol. The Morgan fingerprint density at radius 3 is 2.63 bits per heavy atom. The lowest BCUT2D eigenvalue weighted by molar-refractivity contribution is -0.130. The van der Waals surface area contributed by atoms with E-state index in [4.69, 9.17) is 21.3 Å². The van der Waals surface area contributed by atoms with E-state index >= 15 is 0 Å². The van der Waals surface area contributed by atoms with E-state index in [2.05, 4.69) is 29.0 Å². The molecule has 2 aromatic heterocycles. The van der Waals surface area contributed by atoms with Gasteiger partial charge >= 0.3 is 0 Å². The molecule has 1 aliphatic rings. The Morgan fingerprint density at radius 1 is 1.23 bits per heavy atom. The molecule has 4 rings (SSSR count). The summed E-state index contributed by atoms with van der Waals surface area (Å²) in [6.07, 6.45) is 2.82. The summed E-state index contributed by atoms with van der Waals surface area (Å²) in [4.78, 5) is 37.4.